The first-order chi connectivity index (χ1) is 16.2. The van der Waals surface area contributed by atoms with E-state index in [0.29, 0.717) is 19.1 Å². The maximum atomic E-state index is 5.99. The minimum Gasteiger partial charge on any atom is -0.376 e. The summed E-state index contributed by atoms with van der Waals surface area (Å²) in [6.45, 7) is 10.0. The van der Waals surface area contributed by atoms with Gasteiger partial charge in [0, 0.05) is 44.5 Å². The average Bonchev–Trinajstić information content (AvgIpc) is 3.47. The number of imidazole rings is 1. The Labute approximate surface area is 220 Å². The van der Waals surface area contributed by atoms with E-state index in [4.69, 9.17) is 9.73 Å². The molecule has 3 aromatic rings. The molecule has 1 fully saturated rings. The molecule has 1 aromatic heterocycles. The number of guanidine groups is 1. The van der Waals surface area contributed by atoms with Crippen LogP contribution in [0.15, 0.2) is 72.0 Å². The number of aryl methyl sites for hydroxylation is 1. The molecular weight excluding hydrogens is 537 g/mol. The van der Waals surface area contributed by atoms with Crippen molar-refractivity contribution < 1.29 is 4.74 Å². The normalized spacial score (nSPS) is 15.9. The second-order valence-corrected chi connectivity index (χ2v) is 8.69. The van der Waals surface area contributed by atoms with Crippen molar-refractivity contribution in [3.05, 3.63) is 89.5 Å². The van der Waals surface area contributed by atoms with Crippen LogP contribution >= 0.6 is 24.0 Å². The van der Waals surface area contributed by atoms with E-state index in [-0.39, 0.29) is 24.0 Å². The van der Waals surface area contributed by atoms with Crippen LogP contribution in [0.4, 0.5) is 0 Å². The molecule has 34 heavy (non-hydrogen) atoms. The van der Waals surface area contributed by atoms with Crippen LogP contribution in [0, 0.1) is 12.8 Å². The van der Waals surface area contributed by atoms with Crippen LogP contribution in [0.1, 0.15) is 35.9 Å². The van der Waals surface area contributed by atoms with Gasteiger partial charge in [0.1, 0.15) is 5.82 Å². The highest BCUT2D eigenvalue weighted by atomic mass is 127. The van der Waals surface area contributed by atoms with E-state index < -0.39 is 0 Å². The molecule has 1 aliphatic rings. The molecule has 4 rings (SSSR count). The Kier molecular flexibility index (Phi) is 10.4. The summed E-state index contributed by atoms with van der Waals surface area (Å²) in [5, 5.41) is 3.48. The number of likely N-dealkylation sites (tertiary alicyclic amines) is 1. The summed E-state index contributed by atoms with van der Waals surface area (Å²) in [7, 11) is 0. The van der Waals surface area contributed by atoms with Gasteiger partial charge < -0.3 is 19.5 Å². The minimum absolute atomic E-state index is 0. The summed E-state index contributed by atoms with van der Waals surface area (Å²) >= 11 is 0. The zero-order chi connectivity index (χ0) is 22.9. The van der Waals surface area contributed by atoms with E-state index in [2.05, 4.69) is 75.2 Å². The number of nitrogens with zero attached hydrogens (tertiary/aromatic N) is 4. The topological polar surface area (TPSA) is 54.7 Å². The molecule has 2 heterocycles. The van der Waals surface area contributed by atoms with E-state index in [1.165, 1.54) is 16.7 Å². The maximum Gasteiger partial charge on any atom is 0.194 e. The van der Waals surface area contributed by atoms with Crippen LogP contribution in [-0.2, 0) is 24.4 Å². The number of hydrogen-bond donors (Lipinski definition) is 1. The van der Waals surface area contributed by atoms with Crippen molar-refractivity contribution in [2.75, 3.05) is 26.2 Å². The molecule has 1 N–H and O–H groups in total. The monoisotopic (exact) mass is 573 g/mol. The number of aromatic nitrogens is 2. The molecule has 1 unspecified atom stereocenters. The van der Waals surface area contributed by atoms with Crippen LogP contribution in [0.2, 0.25) is 0 Å². The molecule has 0 aliphatic carbocycles. The largest absolute Gasteiger partial charge is 0.376 e. The lowest BCUT2D eigenvalue weighted by Crippen LogP contribution is -2.40. The maximum absolute atomic E-state index is 5.99. The molecule has 6 nitrogen and oxygen atoms in total. The van der Waals surface area contributed by atoms with Gasteiger partial charge in [0.05, 0.1) is 19.8 Å². The number of aliphatic imine (C=N–C) groups is 1. The predicted molar refractivity (Wildman–Crippen MR) is 149 cm³/mol. The number of nitrogens with one attached hydrogen (secondary N) is 1. The molecule has 0 amide bonds. The molecule has 1 atom stereocenters. The van der Waals surface area contributed by atoms with Crippen molar-refractivity contribution in [3.8, 4) is 0 Å². The average molecular weight is 574 g/mol. The summed E-state index contributed by atoms with van der Waals surface area (Å²) in [5.74, 6) is 2.57. The van der Waals surface area contributed by atoms with E-state index in [1.807, 2.05) is 25.4 Å². The predicted octanol–water partition coefficient (Wildman–Crippen LogP) is 4.86. The van der Waals surface area contributed by atoms with Gasteiger partial charge in [-0.15, -0.1) is 24.0 Å². The third-order valence-corrected chi connectivity index (χ3v) is 6.06. The lowest BCUT2D eigenvalue weighted by Gasteiger charge is -2.22. The summed E-state index contributed by atoms with van der Waals surface area (Å²) in [4.78, 5) is 11.6. The third kappa shape index (κ3) is 7.56. The summed E-state index contributed by atoms with van der Waals surface area (Å²) in [6, 6.07) is 19.1. The van der Waals surface area contributed by atoms with Gasteiger partial charge in [0.15, 0.2) is 5.96 Å². The molecule has 7 heteroatoms. The van der Waals surface area contributed by atoms with Gasteiger partial charge in [0.2, 0.25) is 0 Å². The van der Waals surface area contributed by atoms with E-state index >= 15 is 0 Å². The zero-order valence-corrected chi connectivity index (χ0v) is 22.5. The Bertz CT molecular complexity index is 1040. The van der Waals surface area contributed by atoms with Crippen LogP contribution in [0.25, 0.3) is 0 Å². The van der Waals surface area contributed by atoms with Gasteiger partial charge in [-0.25, -0.2) is 9.98 Å². The van der Waals surface area contributed by atoms with Crippen LogP contribution in [0.3, 0.4) is 0 Å². The highest BCUT2D eigenvalue weighted by Crippen LogP contribution is 2.18. The molecule has 1 saturated heterocycles. The van der Waals surface area contributed by atoms with Crippen molar-refractivity contribution in [1.82, 2.24) is 19.8 Å². The summed E-state index contributed by atoms with van der Waals surface area (Å²) in [5.41, 5.74) is 3.72. The second-order valence-electron chi connectivity index (χ2n) is 8.69. The number of ether oxygens (including phenoxy) is 1. The molecule has 0 radical (unpaired) electrons. The molecule has 2 aromatic carbocycles. The SMILES string of the molecule is CCNC(=NCc1cccc(Cn2ccnc2C)c1)N1CCC(COCc2ccccc2)C1.I. The standard InChI is InChI=1S/C27H35N5O.HI/c1-3-28-27(32-14-12-26(19-32)21-33-20-23-8-5-4-6-9-23)30-17-24-10-7-11-25(16-24)18-31-15-13-29-22(31)2;/h4-11,13,15-16,26H,3,12,14,17-21H2,1-2H3,(H,28,30);1H. The van der Waals surface area contributed by atoms with E-state index in [9.17, 15) is 0 Å². The fourth-order valence-corrected chi connectivity index (χ4v) is 4.26. The van der Waals surface area contributed by atoms with Crippen LogP contribution in [-0.4, -0.2) is 46.7 Å². The highest BCUT2D eigenvalue weighted by molar-refractivity contribution is 14.0. The smallest absolute Gasteiger partial charge is 0.194 e. The Morgan fingerprint density at radius 3 is 2.68 bits per heavy atom. The van der Waals surface area contributed by atoms with Crippen molar-refractivity contribution in [1.29, 1.82) is 0 Å². The van der Waals surface area contributed by atoms with E-state index in [0.717, 1.165) is 51.0 Å². The van der Waals surface area contributed by atoms with Gasteiger partial charge >= 0.3 is 0 Å². The van der Waals surface area contributed by atoms with Crippen molar-refractivity contribution in [2.24, 2.45) is 10.9 Å². The van der Waals surface area contributed by atoms with Crippen LogP contribution < -0.4 is 5.32 Å². The fraction of sp³-hybridized carbons (Fsp3) is 0.407. The molecule has 0 bridgehead atoms. The first-order valence-corrected chi connectivity index (χ1v) is 11.9. The van der Waals surface area contributed by atoms with Crippen LogP contribution in [0.5, 0.6) is 0 Å². The molecular formula is C27H36IN5O. The zero-order valence-electron chi connectivity index (χ0n) is 20.2. The number of halogens is 1. The molecule has 1 aliphatic heterocycles. The highest BCUT2D eigenvalue weighted by Gasteiger charge is 2.25. The van der Waals surface area contributed by atoms with Crippen molar-refractivity contribution in [2.45, 2.75) is 40.0 Å². The lowest BCUT2D eigenvalue weighted by molar-refractivity contribution is 0.0906. The van der Waals surface area contributed by atoms with Gasteiger partial charge in [-0.2, -0.15) is 0 Å². The molecule has 182 valence electrons. The van der Waals surface area contributed by atoms with Crippen molar-refractivity contribution in [3.63, 3.8) is 0 Å². The van der Waals surface area contributed by atoms with Gasteiger partial charge in [0.25, 0.3) is 0 Å². The number of rotatable bonds is 9. The Balaban J connectivity index is 0.00000324. The Morgan fingerprint density at radius 1 is 1.12 bits per heavy atom. The second kappa shape index (κ2) is 13.5. The first-order valence-electron chi connectivity index (χ1n) is 11.9. The third-order valence-electron chi connectivity index (χ3n) is 6.06. The van der Waals surface area contributed by atoms with Gasteiger partial charge in [-0.3, -0.25) is 0 Å². The fourth-order valence-electron chi connectivity index (χ4n) is 4.26. The summed E-state index contributed by atoms with van der Waals surface area (Å²) < 4.78 is 8.16. The minimum atomic E-state index is 0. The van der Waals surface area contributed by atoms with Gasteiger partial charge in [-0.1, -0.05) is 54.6 Å². The number of hydrogen-bond acceptors (Lipinski definition) is 3. The molecule has 0 spiro atoms. The first kappa shape index (κ1) is 26.2. The lowest BCUT2D eigenvalue weighted by atomic mass is 10.1. The Hall–Kier alpha value is -2.39. The van der Waals surface area contributed by atoms with Gasteiger partial charge in [-0.05, 0) is 37.0 Å². The number of benzene rings is 2. The van der Waals surface area contributed by atoms with E-state index in [1.54, 1.807) is 0 Å². The molecule has 0 saturated carbocycles. The Morgan fingerprint density at radius 2 is 1.91 bits per heavy atom. The quantitative estimate of drug-likeness (QED) is 0.226. The summed E-state index contributed by atoms with van der Waals surface area (Å²) in [6.07, 6.45) is 5.01. The van der Waals surface area contributed by atoms with Crippen molar-refractivity contribution >= 4 is 29.9 Å².